The SMILES string of the molecule is CC(C)CC1CCCC(N2CCNCC2)C1. The molecule has 1 aliphatic heterocycles. The van der Waals surface area contributed by atoms with Crippen molar-refractivity contribution in [1.82, 2.24) is 10.2 Å². The summed E-state index contributed by atoms with van der Waals surface area (Å²) in [5.41, 5.74) is 0. The molecule has 2 fully saturated rings. The molecule has 1 aliphatic carbocycles. The fourth-order valence-electron chi connectivity index (χ4n) is 3.52. The first-order valence-electron chi connectivity index (χ1n) is 7.20. The van der Waals surface area contributed by atoms with Gasteiger partial charge in [0, 0.05) is 32.2 Å². The summed E-state index contributed by atoms with van der Waals surface area (Å²) in [4.78, 5) is 2.74. The first kappa shape index (κ1) is 12.4. The van der Waals surface area contributed by atoms with Crippen LogP contribution in [-0.2, 0) is 0 Å². The Balaban J connectivity index is 1.80. The summed E-state index contributed by atoms with van der Waals surface area (Å²) < 4.78 is 0. The lowest BCUT2D eigenvalue weighted by Gasteiger charge is -2.40. The maximum absolute atomic E-state index is 3.46. The van der Waals surface area contributed by atoms with Gasteiger partial charge in [0.2, 0.25) is 0 Å². The largest absolute Gasteiger partial charge is 0.314 e. The van der Waals surface area contributed by atoms with Crippen molar-refractivity contribution in [3.05, 3.63) is 0 Å². The van der Waals surface area contributed by atoms with Crippen LogP contribution in [0.4, 0.5) is 0 Å². The molecule has 1 saturated carbocycles. The van der Waals surface area contributed by atoms with E-state index in [2.05, 4.69) is 24.1 Å². The second-order valence-electron chi connectivity index (χ2n) is 6.10. The van der Waals surface area contributed by atoms with Gasteiger partial charge in [-0.05, 0) is 31.1 Å². The Morgan fingerprint density at radius 1 is 1.19 bits per heavy atom. The molecular weight excluding hydrogens is 196 g/mol. The Morgan fingerprint density at radius 2 is 1.94 bits per heavy atom. The minimum absolute atomic E-state index is 0.881. The Bertz CT molecular complexity index is 197. The second-order valence-corrected chi connectivity index (χ2v) is 6.10. The lowest BCUT2D eigenvalue weighted by Crippen LogP contribution is -2.49. The predicted octanol–water partition coefficient (Wildman–Crippen LogP) is 2.50. The first-order valence-corrected chi connectivity index (χ1v) is 7.20. The van der Waals surface area contributed by atoms with Gasteiger partial charge in [-0.1, -0.05) is 26.7 Å². The third kappa shape index (κ3) is 3.46. The van der Waals surface area contributed by atoms with Gasteiger partial charge in [0.05, 0.1) is 0 Å². The zero-order chi connectivity index (χ0) is 11.4. The fraction of sp³-hybridized carbons (Fsp3) is 1.00. The summed E-state index contributed by atoms with van der Waals surface area (Å²) in [6.45, 7) is 9.69. The van der Waals surface area contributed by atoms with E-state index in [0.29, 0.717) is 0 Å². The van der Waals surface area contributed by atoms with Crippen LogP contribution >= 0.6 is 0 Å². The van der Waals surface area contributed by atoms with Crippen molar-refractivity contribution in [2.75, 3.05) is 26.2 Å². The third-order valence-electron chi connectivity index (χ3n) is 4.23. The van der Waals surface area contributed by atoms with E-state index < -0.39 is 0 Å². The summed E-state index contributed by atoms with van der Waals surface area (Å²) in [7, 11) is 0. The molecule has 2 unspecified atom stereocenters. The van der Waals surface area contributed by atoms with Crippen LogP contribution in [-0.4, -0.2) is 37.1 Å². The molecule has 0 aromatic rings. The normalized spacial score (nSPS) is 33.2. The molecule has 0 aromatic carbocycles. The van der Waals surface area contributed by atoms with Gasteiger partial charge in [0.1, 0.15) is 0 Å². The maximum Gasteiger partial charge on any atom is 0.0110 e. The Morgan fingerprint density at radius 3 is 2.62 bits per heavy atom. The van der Waals surface area contributed by atoms with Crippen molar-refractivity contribution in [3.8, 4) is 0 Å². The summed E-state index contributed by atoms with van der Waals surface area (Å²) in [5, 5.41) is 3.46. The highest BCUT2D eigenvalue weighted by atomic mass is 15.2. The summed E-state index contributed by atoms with van der Waals surface area (Å²) >= 11 is 0. The van der Waals surface area contributed by atoms with Crippen molar-refractivity contribution < 1.29 is 0 Å². The quantitative estimate of drug-likeness (QED) is 0.792. The van der Waals surface area contributed by atoms with Crippen molar-refractivity contribution in [1.29, 1.82) is 0 Å². The topological polar surface area (TPSA) is 15.3 Å². The highest BCUT2D eigenvalue weighted by molar-refractivity contribution is 4.83. The molecule has 1 saturated heterocycles. The van der Waals surface area contributed by atoms with Gasteiger partial charge in [-0.3, -0.25) is 4.90 Å². The molecule has 0 bridgehead atoms. The molecule has 2 nitrogen and oxygen atoms in total. The summed E-state index contributed by atoms with van der Waals surface area (Å²) in [6.07, 6.45) is 7.32. The molecule has 0 aromatic heterocycles. The number of nitrogens with zero attached hydrogens (tertiary/aromatic N) is 1. The van der Waals surface area contributed by atoms with E-state index in [0.717, 1.165) is 17.9 Å². The van der Waals surface area contributed by atoms with Crippen LogP contribution in [0.5, 0.6) is 0 Å². The molecule has 16 heavy (non-hydrogen) atoms. The number of hydrogen-bond acceptors (Lipinski definition) is 2. The number of nitrogens with one attached hydrogen (secondary N) is 1. The maximum atomic E-state index is 3.46. The lowest BCUT2D eigenvalue weighted by atomic mass is 9.80. The Kier molecular flexibility index (Phi) is 4.66. The molecule has 0 radical (unpaired) electrons. The van der Waals surface area contributed by atoms with Gasteiger partial charge in [0.15, 0.2) is 0 Å². The predicted molar refractivity (Wildman–Crippen MR) is 69.6 cm³/mol. The van der Waals surface area contributed by atoms with Crippen molar-refractivity contribution in [3.63, 3.8) is 0 Å². The van der Waals surface area contributed by atoms with E-state index >= 15 is 0 Å². The van der Waals surface area contributed by atoms with Crippen LogP contribution in [0.3, 0.4) is 0 Å². The highest BCUT2D eigenvalue weighted by Gasteiger charge is 2.27. The van der Waals surface area contributed by atoms with Crippen molar-refractivity contribution in [2.24, 2.45) is 11.8 Å². The van der Waals surface area contributed by atoms with Crippen LogP contribution in [0.1, 0.15) is 46.0 Å². The lowest BCUT2D eigenvalue weighted by molar-refractivity contribution is 0.109. The van der Waals surface area contributed by atoms with Gasteiger partial charge < -0.3 is 5.32 Å². The van der Waals surface area contributed by atoms with Crippen molar-refractivity contribution in [2.45, 2.75) is 52.0 Å². The summed E-state index contributed by atoms with van der Waals surface area (Å²) in [5.74, 6) is 1.89. The van der Waals surface area contributed by atoms with Crippen LogP contribution < -0.4 is 5.32 Å². The van der Waals surface area contributed by atoms with E-state index in [1.54, 1.807) is 0 Å². The molecule has 1 heterocycles. The minimum atomic E-state index is 0.881. The van der Waals surface area contributed by atoms with Gasteiger partial charge in [-0.15, -0.1) is 0 Å². The van der Waals surface area contributed by atoms with Crippen molar-refractivity contribution >= 4 is 0 Å². The second kappa shape index (κ2) is 6.02. The van der Waals surface area contributed by atoms with Crippen LogP contribution in [0, 0.1) is 11.8 Å². The number of hydrogen-bond donors (Lipinski definition) is 1. The third-order valence-corrected chi connectivity index (χ3v) is 4.23. The van der Waals surface area contributed by atoms with Crippen LogP contribution in [0.15, 0.2) is 0 Å². The number of piperazine rings is 1. The molecule has 1 N–H and O–H groups in total. The standard InChI is InChI=1S/C14H28N2/c1-12(2)10-13-4-3-5-14(11-13)16-8-6-15-7-9-16/h12-15H,3-11H2,1-2H3. The van der Waals surface area contributed by atoms with Gasteiger partial charge in [-0.25, -0.2) is 0 Å². The van der Waals surface area contributed by atoms with Gasteiger partial charge in [0.25, 0.3) is 0 Å². The van der Waals surface area contributed by atoms with E-state index in [9.17, 15) is 0 Å². The van der Waals surface area contributed by atoms with E-state index in [1.165, 1.54) is 58.3 Å². The zero-order valence-electron chi connectivity index (χ0n) is 11.0. The zero-order valence-corrected chi connectivity index (χ0v) is 11.0. The van der Waals surface area contributed by atoms with E-state index in [1.807, 2.05) is 0 Å². The van der Waals surface area contributed by atoms with E-state index in [-0.39, 0.29) is 0 Å². The van der Waals surface area contributed by atoms with Gasteiger partial charge >= 0.3 is 0 Å². The minimum Gasteiger partial charge on any atom is -0.314 e. The van der Waals surface area contributed by atoms with Crippen LogP contribution in [0.2, 0.25) is 0 Å². The Labute approximate surface area is 101 Å². The molecule has 94 valence electrons. The summed E-state index contributed by atoms with van der Waals surface area (Å²) in [6, 6.07) is 0.902. The average Bonchev–Trinajstić information content (AvgIpc) is 2.30. The molecular formula is C14H28N2. The van der Waals surface area contributed by atoms with E-state index in [4.69, 9.17) is 0 Å². The molecule has 0 amide bonds. The fourth-order valence-corrected chi connectivity index (χ4v) is 3.52. The Hall–Kier alpha value is -0.0800. The molecule has 2 rings (SSSR count). The molecule has 2 aliphatic rings. The molecule has 2 heteroatoms. The smallest absolute Gasteiger partial charge is 0.0110 e. The molecule has 2 atom stereocenters. The van der Waals surface area contributed by atoms with Crippen LogP contribution in [0.25, 0.3) is 0 Å². The monoisotopic (exact) mass is 224 g/mol. The highest BCUT2D eigenvalue weighted by Crippen LogP contribution is 2.31. The average molecular weight is 224 g/mol. The number of rotatable bonds is 3. The molecule has 0 spiro atoms. The first-order chi connectivity index (χ1) is 7.75. The van der Waals surface area contributed by atoms with Gasteiger partial charge in [-0.2, -0.15) is 0 Å².